The summed E-state index contributed by atoms with van der Waals surface area (Å²) in [6, 6.07) is 14.2. The number of nitrogens with one attached hydrogen (secondary N) is 2. The van der Waals surface area contributed by atoms with Gasteiger partial charge in [0.25, 0.3) is 0 Å². The SMILES string of the molecule is CN(C)Cc1cncc(-c2cc3c(-c4nc5c(-c6cccnc6)cccc5[nH]4)n[nH]c3cn2)c1. The second-order valence-electron chi connectivity index (χ2n) is 8.54. The van der Waals surface area contributed by atoms with Crippen LogP contribution >= 0.6 is 0 Å². The van der Waals surface area contributed by atoms with Crippen LogP contribution in [0.15, 0.2) is 73.4 Å². The molecule has 0 amide bonds. The van der Waals surface area contributed by atoms with Gasteiger partial charge in [0.05, 0.1) is 28.4 Å². The number of aromatic amines is 2. The fraction of sp³-hybridized carbons (Fsp3) is 0.115. The minimum absolute atomic E-state index is 0.703. The van der Waals surface area contributed by atoms with E-state index in [2.05, 4.69) is 47.2 Å². The lowest BCUT2D eigenvalue weighted by Crippen LogP contribution is -2.10. The molecule has 0 aliphatic heterocycles. The van der Waals surface area contributed by atoms with Crippen molar-refractivity contribution in [3.8, 4) is 33.9 Å². The standard InChI is InChI=1S/C26H22N8/c1-34(2)15-16-9-18(13-28-11-16)22-10-20-23(14-29-22)32-33-25(20)26-30-21-7-3-6-19(24(21)31-26)17-5-4-8-27-12-17/h3-14H,15H2,1-2H3,(H,30,31)(H,32,33). The van der Waals surface area contributed by atoms with Crippen molar-refractivity contribution in [2.45, 2.75) is 6.54 Å². The number of hydrogen-bond donors (Lipinski definition) is 2. The summed E-state index contributed by atoms with van der Waals surface area (Å²) in [4.78, 5) is 23.8. The highest BCUT2D eigenvalue weighted by molar-refractivity contribution is 5.97. The van der Waals surface area contributed by atoms with Gasteiger partial charge in [-0.05, 0) is 43.9 Å². The topological polar surface area (TPSA) is 99.3 Å². The number of pyridine rings is 3. The summed E-state index contributed by atoms with van der Waals surface area (Å²) in [5, 5.41) is 8.60. The molecule has 0 spiro atoms. The third-order valence-corrected chi connectivity index (χ3v) is 5.75. The van der Waals surface area contributed by atoms with Crippen LogP contribution in [-0.4, -0.2) is 54.1 Å². The number of para-hydroxylation sites is 1. The van der Waals surface area contributed by atoms with E-state index in [4.69, 9.17) is 4.98 Å². The van der Waals surface area contributed by atoms with Crippen molar-refractivity contribution in [2.24, 2.45) is 0 Å². The van der Waals surface area contributed by atoms with Crippen molar-refractivity contribution in [1.29, 1.82) is 0 Å². The minimum atomic E-state index is 0.703. The minimum Gasteiger partial charge on any atom is -0.337 e. The maximum absolute atomic E-state index is 4.93. The van der Waals surface area contributed by atoms with Crippen molar-refractivity contribution >= 4 is 21.9 Å². The van der Waals surface area contributed by atoms with E-state index in [1.54, 1.807) is 6.20 Å². The van der Waals surface area contributed by atoms with E-state index in [-0.39, 0.29) is 0 Å². The maximum Gasteiger partial charge on any atom is 0.159 e. The van der Waals surface area contributed by atoms with E-state index in [0.29, 0.717) is 5.82 Å². The van der Waals surface area contributed by atoms with Gasteiger partial charge >= 0.3 is 0 Å². The van der Waals surface area contributed by atoms with Crippen LogP contribution < -0.4 is 0 Å². The molecule has 0 aliphatic carbocycles. The summed E-state index contributed by atoms with van der Waals surface area (Å²) in [6.45, 7) is 0.818. The number of fused-ring (bicyclic) bond motifs is 2. The number of imidazole rings is 1. The Labute approximate surface area is 195 Å². The Morgan fingerprint density at radius 2 is 1.79 bits per heavy atom. The van der Waals surface area contributed by atoms with Crippen molar-refractivity contribution < 1.29 is 0 Å². The van der Waals surface area contributed by atoms with Crippen LogP contribution in [0.1, 0.15) is 5.56 Å². The quantitative estimate of drug-likeness (QED) is 0.399. The summed E-state index contributed by atoms with van der Waals surface area (Å²) < 4.78 is 0. The molecule has 1 aromatic carbocycles. The normalized spacial score (nSPS) is 11.6. The molecule has 5 aromatic heterocycles. The molecule has 0 aliphatic rings. The summed E-state index contributed by atoms with van der Waals surface area (Å²) in [5.41, 5.74) is 8.44. The molecule has 2 N–H and O–H groups in total. The van der Waals surface area contributed by atoms with Crippen LogP contribution in [0.3, 0.4) is 0 Å². The van der Waals surface area contributed by atoms with E-state index >= 15 is 0 Å². The summed E-state index contributed by atoms with van der Waals surface area (Å²) >= 11 is 0. The van der Waals surface area contributed by atoms with Crippen molar-refractivity contribution in [3.63, 3.8) is 0 Å². The van der Waals surface area contributed by atoms with Gasteiger partial charge in [-0.3, -0.25) is 20.1 Å². The molecule has 166 valence electrons. The molecule has 0 unspecified atom stereocenters. The number of nitrogens with zero attached hydrogens (tertiary/aromatic N) is 6. The molecule has 5 heterocycles. The average molecular weight is 447 g/mol. The second kappa shape index (κ2) is 8.17. The molecule has 0 radical (unpaired) electrons. The lowest BCUT2D eigenvalue weighted by Gasteiger charge is -2.10. The molecular weight excluding hydrogens is 424 g/mol. The van der Waals surface area contributed by atoms with Gasteiger partial charge in [0.15, 0.2) is 5.82 Å². The molecule has 0 saturated heterocycles. The van der Waals surface area contributed by atoms with Crippen LogP contribution in [0, 0.1) is 0 Å². The Hall–Kier alpha value is -4.43. The smallest absolute Gasteiger partial charge is 0.159 e. The zero-order valence-corrected chi connectivity index (χ0v) is 18.8. The molecule has 0 fully saturated rings. The molecule has 0 atom stereocenters. The van der Waals surface area contributed by atoms with E-state index < -0.39 is 0 Å². The predicted molar refractivity (Wildman–Crippen MR) is 133 cm³/mol. The molecule has 6 aromatic rings. The lowest BCUT2D eigenvalue weighted by atomic mass is 10.1. The van der Waals surface area contributed by atoms with Crippen LogP contribution in [0.4, 0.5) is 0 Å². The Morgan fingerprint density at radius 1 is 0.882 bits per heavy atom. The molecule has 0 saturated carbocycles. The first-order chi connectivity index (χ1) is 16.7. The van der Waals surface area contributed by atoms with Crippen LogP contribution in [0.25, 0.3) is 55.8 Å². The van der Waals surface area contributed by atoms with Gasteiger partial charge in [-0.1, -0.05) is 18.2 Å². The zero-order chi connectivity index (χ0) is 23.1. The van der Waals surface area contributed by atoms with Gasteiger partial charge in [-0.2, -0.15) is 5.10 Å². The largest absolute Gasteiger partial charge is 0.337 e. The third kappa shape index (κ3) is 3.60. The average Bonchev–Trinajstić information content (AvgIpc) is 3.48. The molecular formula is C26H22N8. The number of hydrogen-bond acceptors (Lipinski definition) is 6. The second-order valence-corrected chi connectivity index (χ2v) is 8.54. The van der Waals surface area contributed by atoms with Gasteiger partial charge in [-0.25, -0.2) is 4.98 Å². The lowest BCUT2D eigenvalue weighted by molar-refractivity contribution is 0.402. The van der Waals surface area contributed by atoms with E-state index in [1.165, 1.54) is 0 Å². The van der Waals surface area contributed by atoms with Crippen molar-refractivity contribution in [2.75, 3.05) is 14.1 Å². The van der Waals surface area contributed by atoms with Crippen molar-refractivity contribution in [1.82, 2.24) is 40.0 Å². The third-order valence-electron chi connectivity index (χ3n) is 5.75. The predicted octanol–water partition coefficient (Wildman–Crippen LogP) is 4.69. The Kier molecular flexibility index (Phi) is 4.85. The molecule has 34 heavy (non-hydrogen) atoms. The first kappa shape index (κ1) is 20.2. The number of aromatic nitrogens is 7. The highest BCUT2D eigenvalue weighted by atomic mass is 15.1. The van der Waals surface area contributed by atoms with Gasteiger partial charge < -0.3 is 9.88 Å². The fourth-order valence-corrected chi connectivity index (χ4v) is 4.23. The van der Waals surface area contributed by atoms with Gasteiger partial charge in [0.2, 0.25) is 0 Å². The van der Waals surface area contributed by atoms with Crippen LogP contribution in [-0.2, 0) is 6.54 Å². The van der Waals surface area contributed by atoms with E-state index in [1.807, 2.05) is 69.2 Å². The van der Waals surface area contributed by atoms with Crippen LogP contribution in [0.5, 0.6) is 0 Å². The number of H-pyrrole nitrogens is 2. The Balaban J connectivity index is 1.45. The van der Waals surface area contributed by atoms with Gasteiger partial charge in [0.1, 0.15) is 5.69 Å². The van der Waals surface area contributed by atoms with Crippen molar-refractivity contribution in [3.05, 3.63) is 79.0 Å². The first-order valence-electron chi connectivity index (χ1n) is 11.0. The first-order valence-corrected chi connectivity index (χ1v) is 11.0. The number of benzene rings is 1. The van der Waals surface area contributed by atoms with E-state index in [9.17, 15) is 0 Å². The Bertz CT molecular complexity index is 1610. The fourth-order valence-electron chi connectivity index (χ4n) is 4.23. The van der Waals surface area contributed by atoms with Crippen LogP contribution in [0.2, 0.25) is 0 Å². The van der Waals surface area contributed by atoms with Gasteiger partial charge in [-0.15, -0.1) is 0 Å². The molecule has 6 rings (SSSR count). The Morgan fingerprint density at radius 3 is 2.65 bits per heavy atom. The summed E-state index contributed by atoms with van der Waals surface area (Å²) in [7, 11) is 4.09. The monoisotopic (exact) mass is 446 g/mol. The molecule has 8 heteroatoms. The summed E-state index contributed by atoms with van der Waals surface area (Å²) in [6.07, 6.45) is 9.16. The van der Waals surface area contributed by atoms with Gasteiger partial charge in [0, 0.05) is 53.4 Å². The molecule has 8 nitrogen and oxygen atoms in total. The van der Waals surface area contributed by atoms with E-state index in [0.717, 1.165) is 62.1 Å². The summed E-state index contributed by atoms with van der Waals surface area (Å²) in [5.74, 6) is 0.703. The zero-order valence-electron chi connectivity index (χ0n) is 18.8. The maximum atomic E-state index is 4.93. The highest BCUT2D eigenvalue weighted by Gasteiger charge is 2.16. The number of rotatable bonds is 5. The highest BCUT2D eigenvalue weighted by Crippen LogP contribution is 2.32. The molecule has 0 bridgehead atoms.